The Morgan fingerprint density at radius 3 is 3.38 bits per heavy atom. The number of rotatable bonds is 1. The van der Waals surface area contributed by atoms with E-state index in [9.17, 15) is 4.79 Å². The van der Waals surface area contributed by atoms with Crippen LogP contribution in [0.25, 0.3) is 0 Å². The highest BCUT2D eigenvalue weighted by atomic mass is 16.1. The summed E-state index contributed by atoms with van der Waals surface area (Å²) in [5.41, 5.74) is 0. The van der Waals surface area contributed by atoms with Crippen LogP contribution in [-0.4, -0.2) is 21.5 Å². The van der Waals surface area contributed by atoms with Crippen LogP contribution in [0, 0.1) is 0 Å². The molecular weight excluding hydrogens is 166 g/mol. The van der Waals surface area contributed by atoms with Crippen molar-refractivity contribution in [3.05, 3.63) is 18.2 Å². The van der Waals surface area contributed by atoms with E-state index in [4.69, 9.17) is 0 Å². The summed E-state index contributed by atoms with van der Waals surface area (Å²) in [6.07, 6.45) is 5.65. The normalized spacial score (nSPS) is 20.8. The van der Waals surface area contributed by atoms with Crippen molar-refractivity contribution in [3.8, 4) is 0 Å². The minimum Gasteiger partial charge on any atom is -0.353 e. The van der Waals surface area contributed by atoms with Crippen molar-refractivity contribution in [2.75, 3.05) is 0 Å². The number of hydrogen-bond acceptors (Lipinski definition) is 2. The Bertz CT molecular complexity index is 318. The Balaban J connectivity index is 2.04. The largest absolute Gasteiger partial charge is 0.353 e. The van der Waals surface area contributed by atoms with E-state index in [0.29, 0.717) is 0 Å². The number of nitrogens with zero attached hydrogens (tertiary/aromatic N) is 2. The van der Waals surface area contributed by atoms with Gasteiger partial charge in [-0.3, -0.25) is 4.79 Å². The van der Waals surface area contributed by atoms with Gasteiger partial charge < -0.3 is 9.88 Å². The van der Waals surface area contributed by atoms with Gasteiger partial charge >= 0.3 is 0 Å². The minimum atomic E-state index is 0.0463. The molecule has 1 aliphatic rings. The van der Waals surface area contributed by atoms with Gasteiger partial charge in [-0.1, -0.05) is 0 Å². The number of aryl methyl sites for hydroxylation is 1. The van der Waals surface area contributed by atoms with Gasteiger partial charge in [0.25, 0.3) is 0 Å². The van der Waals surface area contributed by atoms with Crippen LogP contribution in [0.2, 0.25) is 0 Å². The van der Waals surface area contributed by atoms with Crippen molar-refractivity contribution < 1.29 is 4.79 Å². The first-order valence-corrected chi connectivity index (χ1v) is 4.53. The highest BCUT2D eigenvalue weighted by Crippen LogP contribution is 2.12. The van der Waals surface area contributed by atoms with Gasteiger partial charge in [-0.05, 0) is 6.42 Å². The Morgan fingerprint density at radius 1 is 1.77 bits per heavy atom. The zero-order valence-electron chi connectivity index (χ0n) is 7.66. The van der Waals surface area contributed by atoms with Crippen molar-refractivity contribution in [1.29, 1.82) is 0 Å². The Hall–Kier alpha value is -1.32. The van der Waals surface area contributed by atoms with E-state index in [1.54, 1.807) is 6.92 Å². The summed E-state index contributed by atoms with van der Waals surface area (Å²) < 4.78 is 2.14. The summed E-state index contributed by atoms with van der Waals surface area (Å²) in [6, 6.07) is 0.271. The van der Waals surface area contributed by atoms with Crippen LogP contribution >= 0.6 is 0 Å². The number of fused-ring (bicyclic) bond motifs is 1. The lowest BCUT2D eigenvalue weighted by Crippen LogP contribution is -2.38. The van der Waals surface area contributed by atoms with E-state index in [0.717, 1.165) is 25.2 Å². The molecule has 0 spiro atoms. The Kier molecular flexibility index (Phi) is 2.04. The molecule has 2 rings (SSSR count). The van der Waals surface area contributed by atoms with Gasteiger partial charge in [-0.15, -0.1) is 0 Å². The van der Waals surface area contributed by atoms with E-state index in [1.807, 2.05) is 12.4 Å². The van der Waals surface area contributed by atoms with Crippen molar-refractivity contribution >= 4 is 5.91 Å². The molecule has 13 heavy (non-hydrogen) atoms. The van der Waals surface area contributed by atoms with Gasteiger partial charge in [0.1, 0.15) is 5.82 Å². The molecule has 2 heterocycles. The molecule has 1 aromatic heterocycles. The molecule has 0 radical (unpaired) electrons. The van der Waals surface area contributed by atoms with Gasteiger partial charge in [-0.25, -0.2) is 4.98 Å². The molecule has 0 fully saturated rings. The molecule has 0 aromatic carbocycles. The first-order valence-electron chi connectivity index (χ1n) is 4.53. The summed E-state index contributed by atoms with van der Waals surface area (Å²) in [5, 5.41) is 2.92. The van der Waals surface area contributed by atoms with E-state index in [2.05, 4.69) is 14.9 Å². The quantitative estimate of drug-likeness (QED) is 0.675. The van der Waals surface area contributed by atoms with Gasteiger partial charge in [0.05, 0.1) is 0 Å². The molecule has 4 heteroatoms. The van der Waals surface area contributed by atoms with Crippen molar-refractivity contribution in [2.45, 2.75) is 32.4 Å². The van der Waals surface area contributed by atoms with Gasteiger partial charge in [0, 0.05) is 38.3 Å². The molecule has 0 saturated carbocycles. The lowest BCUT2D eigenvalue weighted by Gasteiger charge is -2.23. The SMILES string of the molecule is CC(=O)NC1CCn2ccnc2C1. The molecule has 1 atom stereocenters. The van der Waals surface area contributed by atoms with Crippen LogP contribution in [-0.2, 0) is 17.8 Å². The highest BCUT2D eigenvalue weighted by Gasteiger charge is 2.18. The molecule has 0 bridgehead atoms. The zero-order chi connectivity index (χ0) is 9.26. The third-order valence-electron chi connectivity index (χ3n) is 2.36. The fourth-order valence-corrected chi connectivity index (χ4v) is 1.76. The fraction of sp³-hybridized carbons (Fsp3) is 0.556. The van der Waals surface area contributed by atoms with E-state index >= 15 is 0 Å². The number of imidazole rings is 1. The summed E-state index contributed by atoms with van der Waals surface area (Å²) in [6.45, 7) is 2.52. The number of amides is 1. The number of carbonyl (C=O) groups is 1. The summed E-state index contributed by atoms with van der Waals surface area (Å²) in [7, 11) is 0. The summed E-state index contributed by atoms with van der Waals surface area (Å²) >= 11 is 0. The second kappa shape index (κ2) is 3.20. The van der Waals surface area contributed by atoms with Gasteiger partial charge in [0.2, 0.25) is 5.91 Å². The third-order valence-corrected chi connectivity index (χ3v) is 2.36. The van der Waals surface area contributed by atoms with Crippen molar-refractivity contribution in [3.63, 3.8) is 0 Å². The molecule has 1 unspecified atom stereocenters. The molecule has 1 amide bonds. The van der Waals surface area contributed by atoms with Gasteiger partial charge in [0.15, 0.2) is 0 Å². The van der Waals surface area contributed by atoms with E-state index in [1.165, 1.54) is 0 Å². The number of carbonyl (C=O) groups excluding carboxylic acids is 1. The molecule has 1 aromatic rings. The van der Waals surface area contributed by atoms with E-state index < -0.39 is 0 Å². The predicted octanol–water partition coefficient (Wildman–Crippen LogP) is 0.334. The van der Waals surface area contributed by atoms with Crippen molar-refractivity contribution in [1.82, 2.24) is 14.9 Å². The maximum Gasteiger partial charge on any atom is 0.217 e. The molecule has 0 saturated heterocycles. The number of hydrogen-bond donors (Lipinski definition) is 1. The monoisotopic (exact) mass is 179 g/mol. The van der Waals surface area contributed by atoms with Crippen molar-refractivity contribution in [2.24, 2.45) is 0 Å². The van der Waals surface area contributed by atoms with Gasteiger partial charge in [-0.2, -0.15) is 0 Å². The van der Waals surface area contributed by atoms with Crippen LogP contribution in [0.15, 0.2) is 12.4 Å². The lowest BCUT2D eigenvalue weighted by atomic mass is 10.1. The molecule has 1 N–H and O–H groups in total. The smallest absolute Gasteiger partial charge is 0.217 e. The topological polar surface area (TPSA) is 46.9 Å². The Morgan fingerprint density at radius 2 is 2.62 bits per heavy atom. The van der Waals surface area contributed by atoms with Crippen LogP contribution in [0.3, 0.4) is 0 Å². The predicted molar refractivity (Wildman–Crippen MR) is 48.2 cm³/mol. The first-order chi connectivity index (χ1) is 6.25. The average molecular weight is 179 g/mol. The second-order valence-corrected chi connectivity index (χ2v) is 3.43. The molecule has 4 nitrogen and oxygen atoms in total. The van der Waals surface area contributed by atoms with Crippen LogP contribution in [0.4, 0.5) is 0 Å². The fourth-order valence-electron chi connectivity index (χ4n) is 1.76. The maximum absolute atomic E-state index is 10.8. The molecule has 0 aliphatic carbocycles. The van der Waals surface area contributed by atoms with Crippen LogP contribution in [0.1, 0.15) is 19.2 Å². The maximum atomic E-state index is 10.8. The summed E-state index contributed by atoms with van der Waals surface area (Å²) in [4.78, 5) is 15.0. The van der Waals surface area contributed by atoms with Crippen LogP contribution in [0.5, 0.6) is 0 Å². The molecular formula is C9H13N3O. The van der Waals surface area contributed by atoms with Crippen LogP contribution < -0.4 is 5.32 Å². The highest BCUT2D eigenvalue weighted by molar-refractivity contribution is 5.73. The average Bonchev–Trinajstić information content (AvgIpc) is 2.49. The number of nitrogens with one attached hydrogen (secondary N) is 1. The summed E-state index contributed by atoms with van der Waals surface area (Å²) in [5.74, 6) is 1.12. The number of aromatic nitrogens is 2. The Labute approximate surface area is 77.0 Å². The standard InChI is InChI=1S/C9H13N3O/c1-7(13)11-8-2-4-12-5-3-10-9(12)6-8/h3,5,8H,2,4,6H2,1H3,(H,11,13). The minimum absolute atomic E-state index is 0.0463. The molecule has 70 valence electrons. The lowest BCUT2D eigenvalue weighted by molar-refractivity contribution is -0.119. The zero-order valence-corrected chi connectivity index (χ0v) is 7.66. The second-order valence-electron chi connectivity index (χ2n) is 3.43. The van der Waals surface area contributed by atoms with E-state index in [-0.39, 0.29) is 11.9 Å². The molecule has 1 aliphatic heterocycles. The first kappa shape index (κ1) is 8.29. The third kappa shape index (κ3) is 1.71.